The molecule has 1 saturated carbocycles. The first-order valence-corrected chi connectivity index (χ1v) is 12.2. The lowest BCUT2D eigenvalue weighted by Crippen LogP contribution is -2.59. The molecule has 2 fully saturated rings. The molecule has 2 aromatic rings. The smallest absolute Gasteiger partial charge is 0.310 e. The summed E-state index contributed by atoms with van der Waals surface area (Å²) in [5.74, 6) is -1.19. The van der Waals surface area contributed by atoms with E-state index in [1.807, 2.05) is 24.3 Å². The Bertz CT molecular complexity index is 1130. The van der Waals surface area contributed by atoms with Crippen LogP contribution in [0.25, 0.3) is 0 Å². The van der Waals surface area contributed by atoms with Gasteiger partial charge in [0.25, 0.3) is 0 Å². The monoisotopic (exact) mass is 439 g/mol. The summed E-state index contributed by atoms with van der Waals surface area (Å²) >= 11 is 0. The summed E-state index contributed by atoms with van der Waals surface area (Å²) in [4.78, 5) is 28.0. The fourth-order valence-electron chi connectivity index (χ4n) is 5.87. The van der Waals surface area contributed by atoms with Gasteiger partial charge in [-0.15, -0.1) is 0 Å². The number of sulfone groups is 1. The van der Waals surface area contributed by atoms with Gasteiger partial charge in [0.15, 0.2) is 9.84 Å². The third-order valence-electron chi connectivity index (χ3n) is 7.22. The Labute approximate surface area is 182 Å². The van der Waals surface area contributed by atoms with Gasteiger partial charge in [0.05, 0.1) is 29.2 Å². The number of piperidine rings is 1. The minimum absolute atomic E-state index is 0.0489. The van der Waals surface area contributed by atoms with Gasteiger partial charge in [-0.2, -0.15) is 0 Å². The first-order chi connectivity index (χ1) is 14.9. The molecule has 3 aliphatic rings. The van der Waals surface area contributed by atoms with E-state index in [-0.39, 0.29) is 41.6 Å². The van der Waals surface area contributed by atoms with Crippen LogP contribution in [-0.2, 0) is 30.7 Å². The molecular weight excluding hydrogens is 414 g/mol. The van der Waals surface area contributed by atoms with Crippen LogP contribution in [0.1, 0.15) is 36.4 Å². The number of fused-ring (bicyclic) bond motifs is 5. The molecule has 2 aromatic carbocycles. The van der Waals surface area contributed by atoms with Crippen molar-refractivity contribution in [1.82, 2.24) is 4.90 Å². The predicted molar refractivity (Wildman–Crippen MR) is 114 cm³/mol. The van der Waals surface area contributed by atoms with E-state index in [0.717, 1.165) is 11.1 Å². The molecule has 0 N–H and O–H groups in total. The SMILES string of the molecule is COC(=O)[C@@H]1CCC(=O)[C@@H]2C[C@@H](S(=O)(=O)c3ccccc3)[C@H]3c4ccccc4CN3[C@H]21. The summed E-state index contributed by atoms with van der Waals surface area (Å²) in [5.41, 5.74) is 2.04. The molecule has 31 heavy (non-hydrogen) atoms. The van der Waals surface area contributed by atoms with Gasteiger partial charge in [-0.25, -0.2) is 8.42 Å². The van der Waals surface area contributed by atoms with Crippen molar-refractivity contribution in [3.05, 3.63) is 65.7 Å². The van der Waals surface area contributed by atoms with Gasteiger partial charge in [0.1, 0.15) is 5.78 Å². The van der Waals surface area contributed by atoms with Crippen molar-refractivity contribution >= 4 is 21.6 Å². The third kappa shape index (κ3) is 3.13. The van der Waals surface area contributed by atoms with Crippen molar-refractivity contribution < 1.29 is 22.7 Å². The number of carbonyl (C=O) groups is 2. The van der Waals surface area contributed by atoms with E-state index in [1.165, 1.54) is 7.11 Å². The zero-order valence-corrected chi connectivity index (χ0v) is 18.1. The molecule has 2 aliphatic heterocycles. The van der Waals surface area contributed by atoms with E-state index in [2.05, 4.69) is 4.90 Å². The van der Waals surface area contributed by atoms with Crippen molar-refractivity contribution in [3.8, 4) is 0 Å². The molecule has 6 nitrogen and oxygen atoms in total. The molecular formula is C24H25NO5S. The number of Topliss-reactive ketones (excluding diaryl/α,β-unsaturated/α-hetero) is 1. The van der Waals surface area contributed by atoms with E-state index < -0.39 is 26.9 Å². The molecule has 0 bridgehead atoms. The van der Waals surface area contributed by atoms with E-state index in [1.54, 1.807) is 30.3 Å². The Hall–Kier alpha value is -2.51. The minimum Gasteiger partial charge on any atom is -0.469 e. The molecule has 7 heteroatoms. The number of benzene rings is 2. The maximum atomic E-state index is 13.8. The number of hydrogen-bond donors (Lipinski definition) is 0. The number of hydrogen-bond acceptors (Lipinski definition) is 6. The van der Waals surface area contributed by atoms with Gasteiger partial charge in [0, 0.05) is 24.9 Å². The lowest BCUT2D eigenvalue weighted by atomic mass is 9.70. The molecule has 1 saturated heterocycles. The number of rotatable bonds is 3. The molecule has 0 amide bonds. The Morgan fingerprint density at radius 1 is 1.06 bits per heavy atom. The summed E-state index contributed by atoms with van der Waals surface area (Å²) < 4.78 is 32.6. The van der Waals surface area contributed by atoms with E-state index in [9.17, 15) is 18.0 Å². The summed E-state index contributed by atoms with van der Waals surface area (Å²) in [5, 5.41) is -0.750. The summed E-state index contributed by atoms with van der Waals surface area (Å²) in [6, 6.07) is 15.6. The lowest BCUT2D eigenvalue weighted by molar-refractivity contribution is -0.155. The average Bonchev–Trinajstić information content (AvgIpc) is 3.18. The second-order valence-electron chi connectivity index (χ2n) is 8.68. The van der Waals surface area contributed by atoms with Crippen LogP contribution in [0.3, 0.4) is 0 Å². The van der Waals surface area contributed by atoms with Gasteiger partial charge in [-0.05, 0) is 36.1 Å². The van der Waals surface area contributed by atoms with E-state index in [4.69, 9.17) is 4.74 Å². The van der Waals surface area contributed by atoms with Crippen LogP contribution in [0.2, 0.25) is 0 Å². The van der Waals surface area contributed by atoms with Crippen molar-refractivity contribution in [3.63, 3.8) is 0 Å². The first kappa shape index (κ1) is 20.4. The number of carbonyl (C=O) groups excluding carboxylic acids is 2. The molecule has 5 atom stereocenters. The Morgan fingerprint density at radius 2 is 1.77 bits per heavy atom. The van der Waals surface area contributed by atoms with Crippen molar-refractivity contribution in [2.45, 2.75) is 48.0 Å². The van der Waals surface area contributed by atoms with Crippen LogP contribution in [0.15, 0.2) is 59.5 Å². The zero-order valence-electron chi connectivity index (χ0n) is 17.3. The largest absolute Gasteiger partial charge is 0.469 e. The quantitative estimate of drug-likeness (QED) is 0.684. The van der Waals surface area contributed by atoms with Crippen molar-refractivity contribution in [1.29, 1.82) is 0 Å². The fraction of sp³-hybridized carbons (Fsp3) is 0.417. The molecule has 0 unspecified atom stereocenters. The Morgan fingerprint density at radius 3 is 2.52 bits per heavy atom. The highest BCUT2D eigenvalue weighted by atomic mass is 32.2. The summed E-state index contributed by atoms with van der Waals surface area (Å²) in [6.07, 6.45) is 0.955. The van der Waals surface area contributed by atoms with Crippen molar-refractivity contribution in [2.24, 2.45) is 11.8 Å². The Kier molecular flexibility index (Phi) is 4.98. The topological polar surface area (TPSA) is 80.8 Å². The number of ether oxygens (including phenoxy) is 1. The standard InChI is InChI=1S/C24H25NO5S/c1-30-24(27)18-11-12-20(26)19-13-21(31(28,29)16-8-3-2-4-9-16)23-17-10-6-5-7-15(17)14-25(23)22(18)19/h2-10,18-19,21-23H,11-14H2,1H3/t18-,19+,21-,22+,23-/m1/s1. The predicted octanol–water partition coefficient (Wildman–Crippen LogP) is 2.93. The maximum absolute atomic E-state index is 13.8. The molecule has 0 spiro atoms. The molecule has 0 aromatic heterocycles. The van der Waals surface area contributed by atoms with Gasteiger partial charge in [-0.1, -0.05) is 42.5 Å². The zero-order chi connectivity index (χ0) is 21.8. The highest BCUT2D eigenvalue weighted by molar-refractivity contribution is 7.92. The average molecular weight is 440 g/mol. The van der Waals surface area contributed by atoms with Crippen LogP contribution in [0.5, 0.6) is 0 Å². The summed E-state index contributed by atoms with van der Waals surface area (Å²) in [7, 11) is -2.32. The number of nitrogens with zero attached hydrogens (tertiary/aromatic N) is 1. The highest BCUT2D eigenvalue weighted by Crippen LogP contribution is 2.52. The molecule has 162 valence electrons. The van der Waals surface area contributed by atoms with Gasteiger partial charge in [0.2, 0.25) is 0 Å². The molecule has 0 radical (unpaired) electrons. The molecule has 1 aliphatic carbocycles. The van der Waals surface area contributed by atoms with Crippen LogP contribution >= 0.6 is 0 Å². The molecule has 2 heterocycles. The Balaban J connectivity index is 1.65. The maximum Gasteiger partial charge on any atom is 0.310 e. The highest BCUT2D eigenvalue weighted by Gasteiger charge is 2.57. The van der Waals surface area contributed by atoms with Crippen molar-refractivity contribution in [2.75, 3.05) is 7.11 Å². The van der Waals surface area contributed by atoms with Crippen LogP contribution < -0.4 is 0 Å². The fourth-order valence-corrected chi connectivity index (χ4v) is 7.86. The van der Waals surface area contributed by atoms with Crippen LogP contribution in [-0.4, -0.2) is 43.5 Å². The van der Waals surface area contributed by atoms with Crippen LogP contribution in [0.4, 0.5) is 0 Å². The van der Waals surface area contributed by atoms with Crippen LogP contribution in [0, 0.1) is 11.8 Å². The number of methoxy groups -OCH3 is 1. The third-order valence-corrected chi connectivity index (χ3v) is 9.40. The lowest BCUT2D eigenvalue weighted by Gasteiger charge is -2.50. The normalized spacial score (nSPS) is 30.2. The van der Waals surface area contributed by atoms with Gasteiger partial charge < -0.3 is 4.74 Å². The van der Waals surface area contributed by atoms with E-state index in [0.29, 0.717) is 13.0 Å². The molecule has 5 rings (SSSR count). The number of esters is 1. The van der Waals surface area contributed by atoms with Gasteiger partial charge in [-0.3, -0.25) is 14.5 Å². The van der Waals surface area contributed by atoms with E-state index >= 15 is 0 Å². The first-order valence-electron chi connectivity index (χ1n) is 10.7. The second-order valence-corrected chi connectivity index (χ2v) is 10.8. The second kappa shape index (κ2) is 7.57. The van der Waals surface area contributed by atoms with Gasteiger partial charge >= 0.3 is 5.97 Å². The minimum atomic E-state index is -3.69. The summed E-state index contributed by atoms with van der Waals surface area (Å²) in [6.45, 7) is 0.531. The number of ketones is 1.